The fourth-order valence-corrected chi connectivity index (χ4v) is 10.2. The van der Waals surface area contributed by atoms with Crippen molar-refractivity contribution in [3.8, 4) is 17.1 Å². The van der Waals surface area contributed by atoms with E-state index in [4.69, 9.17) is 0 Å². The Balaban J connectivity index is 0.000000165. The molecule has 67 heavy (non-hydrogen) atoms. The van der Waals surface area contributed by atoms with Gasteiger partial charge in [-0.2, -0.15) is 0 Å². The number of aromatic amines is 3. The van der Waals surface area contributed by atoms with Crippen LogP contribution >= 0.6 is 0 Å². The second kappa shape index (κ2) is 24.8. The van der Waals surface area contributed by atoms with Crippen molar-refractivity contribution in [1.82, 2.24) is 29.3 Å². The SMILES string of the molecule is Cc1[nH]n(-c2ccccc2)c(=O)c1C(=O)CC1CCCCC1.Cc1[nH]n(-c2ccccc2)c(=O)c1C(=O)CC1CCCCC1.Cc1[nH]n(-c2ccccc2)c(=O)c1C(=O)CC1CCCCC1.[Tb]. The number of aryl methyl sites for hydroxylation is 3. The Kier molecular flexibility index (Phi) is 19.1. The minimum atomic E-state index is -0.232. The van der Waals surface area contributed by atoms with Crippen molar-refractivity contribution < 1.29 is 53.0 Å². The molecule has 12 nitrogen and oxygen atoms in total. The minimum Gasteiger partial charge on any atom is -0.295 e. The third-order valence-corrected chi connectivity index (χ3v) is 13.7. The van der Waals surface area contributed by atoms with Crippen molar-refractivity contribution >= 4 is 17.3 Å². The van der Waals surface area contributed by atoms with Crippen LogP contribution in [0.15, 0.2) is 105 Å². The zero-order valence-corrected chi connectivity index (χ0v) is 41.4. The number of nitrogens with one attached hydrogen (secondary N) is 3. The first-order chi connectivity index (χ1) is 32.0. The molecule has 3 aliphatic rings. The van der Waals surface area contributed by atoms with E-state index in [1.54, 1.807) is 20.8 Å². The zero-order valence-electron chi connectivity index (χ0n) is 39.2. The molecule has 3 N–H and O–H groups in total. The number of rotatable bonds is 12. The van der Waals surface area contributed by atoms with E-state index in [0.29, 0.717) is 70.8 Å². The van der Waals surface area contributed by atoms with Crippen LogP contribution in [0.25, 0.3) is 17.1 Å². The van der Waals surface area contributed by atoms with Crippen LogP contribution in [0.5, 0.6) is 0 Å². The third kappa shape index (κ3) is 13.2. The fourth-order valence-electron chi connectivity index (χ4n) is 10.2. The summed E-state index contributed by atoms with van der Waals surface area (Å²) in [5, 5.41) is 9.09. The molecule has 3 saturated carbocycles. The molecule has 0 atom stereocenters. The van der Waals surface area contributed by atoms with Crippen LogP contribution in [-0.4, -0.2) is 46.7 Å². The molecule has 9 rings (SSSR count). The van der Waals surface area contributed by atoms with Crippen molar-refractivity contribution in [2.24, 2.45) is 17.8 Å². The van der Waals surface area contributed by atoms with Crippen molar-refractivity contribution in [2.75, 3.05) is 0 Å². The van der Waals surface area contributed by atoms with E-state index in [0.717, 1.165) is 55.6 Å². The standard InChI is InChI=1S/3C18H22N2O2.Tb/c3*1-13-17(16(21)12-14-8-4-2-5-9-14)18(22)20(19-13)15-10-6-3-7-11-15;/h3*3,6-7,10-11,14,19H,2,4-5,8-9,12H2,1H3;. The fraction of sp³-hybridized carbons (Fsp3) is 0.444. The van der Waals surface area contributed by atoms with Gasteiger partial charge in [-0.25, -0.2) is 14.0 Å². The molecular weight excluding hydrogens is 988 g/mol. The number of ketones is 3. The average Bonchev–Trinajstić information content (AvgIpc) is 3.94. The van der Waals surface area contributed by atoms with E-state index in [1.165, 1.54) is 71.8 Å². The number of carbonyl (C=O) groups is 3. The molecule has 3 aliphatic carbocycles. The maximum Gasteiger partial charge on any atom is 0.282 e. The second-order valence-electron chi connectivity index (χ2n) is 18.7. The van der Waals surface area contributed by atoms with Gasteiger partial charge in [0.1, 0.15) is 16.7 Å². The van der Waals surface area contributed by atoms with Gasteiger partial charge in [-0.1, -0.05) is 151 Å². The van der Waals surface area contributed by atoms with Crippen LogP contribution in [0, 0.1) is 77.1 Å². The van der Waals surface area contributed by atoms with Gasteiger partial charge in [0.05, 0.1) is 17.1 Å². The molecule has 3 heterocycles. The Morgan fingerprint density at radius 3 is 0.851 bits per heavy atom. The number of benzene rings is 3. The Bertz CT molecular complexity index is 2430. The number of Topliss-reactive ketones (excluding diaryl/α,β-unsaturated/α-hetero) is 3. The molecule has 0 bridgehead atoms. The first-order valence-electron chi connectivity index (χ1n) is 24.2. The predicted octanol–water partition coefficient (Wildman–Crippen LogP) is 10.9. The van der Waals surface area contributed by atoms with Gasteiger partial charge in [0.25, 0.3) is 16.7 Å². The average molecular weight is 1050 g/mol. The number of para-hydroxylation sites is 3. The van der Waals surface area contributed by atoms with Gasteiger partial charge in [0.15, 0.2) is 17.3 Å². The van der Waals surface area contributed by atoms with Crippen LogP contribution in [0.1, 0.15) is 164 Å². The zero-order chi connectivity index (χ0) is 46.6. The molecule has 13 heteroatoms. The molecule has 0 saturated heterocycles. The first-order valence-corrected chi connectivity index (χ1v) is 24.2. The van der Waals surface area contributed by atoms with Gasteiger partial charge >= 0.3 is 0 Å². The number of carbonyl (C=O) groups excluding carboxylic acids is 3. The predicted molar refractivity (Wildman–Crippen MR) is 260 cm³/mol. The summed E-state index contributed by atoms with van der Waals surface area (Å²) in [5.41, 5.74) is 4.54. The van der Waals surface area contributed by atoms with Crippen molar-refractivity contribution in [3.05, 3.63) is 156 Å². The summed E-state index contributed by atoms with van der Waals surface area (Å²) in [6, 6.07) is 28.1. The molecule has 1 radical (unpaired) electrons. The molecule has 6 aromatic rings. The Morgan fingerprint density at radius 1 is 0.403 bits per heavy atom. The van der Waals surface area contributed by atoms with Gasteiger partial charge in [-0.15, -0.1) is 0 Å². The number of hydrogen-bond donors (Lipinski definition) is 3. The quantitative estimate of drug-likeness (QED) is 0.103. The van der Waals surface area contributed by atoms with Gasteiger partial charge < -0.3 is 0 Å². The van der Waals surface area contributed by atoms with E-state index < -0.39 is 0 Å². The summed E-state index contributed by atoms with van der Waals surface area (Å²) in [7, 11) is 0. The van der Waals surface area contributed by atoms with E-state index in [9.17, 15) is 28.8 Å². The third-order valence-electron chi connectivity index (χ3n) is 13.7. The van der Waals surface area contributed by atoms with Crippen LogP contribution in [0.2, 0.25) is 0 Å². The first kappa shape index (κ1) is 51.4. The molecule has 3 fully saturated rings. The summed E-state index contributed by atoms with van der Waals surface area (Å²) >= 11 is 0. The van der Waals surface area contributed by atoms with Crippen molar-refractivity contribution in [2.45, 2.75) is 136 Å². The maximum atomic E-state index is 12.6. The summed E-state index contributed by atoms with van der Waals surface area (Å²) in [6.45, 7) is 5.40. The molecular formula is C54H66N6O6Tb. The normalized spacial score (nSPS) is 15.6. The minimum absolute atomic E-state index is 0. The van der Waals surface area contributed by atoms with Crippen molar-refractivity contribution in [3.63, 3.8) is 0 Å². The molecule has 0 aliphatic heterocycles. The molecule has 357 valence electrons. The smallest absolute Gasteiger partial charge is 0.282 e. The van der Waals surface area contributed by atoms with E-state index in [1.807, 2.05) is 91.0 Å². The summed E-state index contributed by atoms with van der Waals surface area (Å²) in [5.74, 6) is 1.29. The Hall–Kier alpha value is -5.01. The number of nitrogens with zero attached hydrogens (tertiary/aromatic N) is 3. The summed E-state index contributed by atoms with van der Waals surface area (Å²) < 4.78 is 4.39. The van der Waals surface area contributed by atoms with Gasteiger partial charge in [-0.3, -0.25) is 44.1 Å². The molecule has 0 spiro atoms. The number of aromatic nitrogens is 6. The van der Waals surface area contributed by atoms with Gasteiger partial charge in [-0.05, 0) is 74.9 Å². The largest absolute Gasteiger partial charge is 0.295 e. The van der Waals surface area contributed by atoms with E-state index in [-0.39, 0.29) is 72.6 Å². The van der Waals surface area contributed by atoms with E-state index in [2.05, 4.69) is 15.3 Å². The number of H-pyrrole nitrogens is 3. The molecule has 3 aromatic carbocycles. The maximum absolute atomic E-state index is 12.6. The Morgan fingerprint density at radius 2 is 0.627 bits per heavy atom. The molecule has 0 amide bonds. The van der Waals surface area contributed by atoms with Gasteiger partial charge in [0, 0.05) is 75.0 Å². The Labute approximate surface area is 423 Å². The summed E-state index contributed by atoms with van der Waals surface area (Å²) in [6.07, 6.45) is 19.2. The van der Waals surface area contributed by atoms with Crippen LogP contribution in [0.3, 0.4) is 0 Å². The molecule has 0 unspecified atom stereocenters. The summed E-state index contributed by atoms with van der Waals surface area (Å²) in [4.78, 5) is 75.5. The van der Waals surface area contributed by atoms with Crippen LogP contribution in [-0.2, 0) is 0 Å². The van der Waals surface area contributed by atoms with E-state index >= 15 is 0 Å². The monoisotopic (exact) mass is 1050 g/mol. The van der Waals surface area contributed by atoms with Crippen LogP contribution in [0.4, 0.5) is 0 Å². The number of hydrogen-bond acceptors (Lipinski definition) is 6. The topological polar surface area (TPSA) is 165 Å². The second-order valence-corrected chi connectivity index (χ2v) is 18.7. The van der Waals surface area contributed by atoms with Crippen LogP contribution < -0.4 is 16.7 Å². The van der Waals surface area contributed by atoms with Crippen molar-refractivity contribution in [1.29, 1.82) is 0 Å². The molecule has 3 aromatic heterocycles. The van der Waals surface area contributed by atoms with Gasteiger partial charge in [0.2, 0.25) is 0 Å².